The molecule has 2 atom stereocenters. The fourth-order valence-corrected chi connectivity index (χ4v) is 1.81. The van der Waals surface area contributed by atoms with Crippen molar-refractivity contribution in [1.82, 2.24) is 10.2 Å². The SMILES string of the molecule is Cc1ccccc1C(C)Nc1nnc(C(C)N)o1. The van der Waals surface area contributed by atoms with E-state index in [1.807, 2.05) is 19.1 Å². The molecule has 1 aromatic heterocycles. The molecule has 0 amide bonds. The quantitative estimate of drug-likeness (QED) is 0.867. The molecular formula is C13H18N4O. The van der Waals surface area contributed by atoms with Gasteiger partial charge in [-0.25, -0.2) is 0 Å². The van der Waals surface area contributed by atoms with E-state index in [2.05, 4.69) is 41.5 Å². The predicted molar refractivity (Wildman–Crippen MR) is 70.1 cm³/mol. The lowest BCUT2D eigenvalue weighted by Gasteiger charge is -2.14. The third-order valence-corrected chi connectivity index (χ3v) is 2.83. The number of nitrogens with one attached hydrogen (secondary N) is 1. The molecule has 0 bridgehead atoms. The number of aromatic nitrogens is 2. The maximum absolute atomic E-state index is 5.67. The largest absolute Gasteiger partial charge is 0.406 e. The van der Waals surface area contributed by atoms with Crippen molar-refractivity contribution in [2.24, 2.45) is 5.73 Å². The van der Waals surface area contributed by atoms with Crippen LogP contribution in [-0.4, -0.2) is 10.2 Å². The van der Waals surface area contributed by atoms with Gasteiger partial charge in [-0.15, -0.1) is 5.10 Å². The lowest BCUT2D eigenvalue weighted by Crippen LogP contribution is -2.08. The van der Waals surface area contributed by atoms with E-state index in [-0.39, 0.29) is 12.1 Å². The fraction of sp³-hybridized carbons (Fsp3) is 0.385. The molecule has 2 unspecified atom stereocenters. The van der Waals surface area contributed by atoms with Gasteiger partial charge < -0.3 is 15.5 Å². The molecule has 96 valence electrons. The molecule has 0 saturated carbocycles. The van der Waals surface area contributed by atoms with Crippen molar-refractivity contribution < 1.29 is 4.42 Å². The van der Waals surface area contributed by atoms with Gasteiger partial charge in [0.1, 0.15) is 0 Å². The third-order valence-electron chi connectivity index (χ3n) is 2.83. The molecule has 0 aliphatic heterocycles. The van der Waals surface area contributed by atoms with E-state index >= 15 is 0 Å². The molecular weight excluding hydrogens is 228 g/mol. The first-order chi connectivity index (χ1) is 8.58. The second-order valence-electron chi connectivity index (χ2n) is 4.46. The highest BCUT2D eigenvalue weighted by Crippen LogP contribution is 2.21. The minimum Gasteiger partial charge on any atom is -0.406 e. The van der Waals surface area contributed by atoms with Crippen molar-refractivity contribution in [2.45, 2.75) is 32.9 Å². The summed E-state index contributed by atoms with van der Waals surface area (Å²) in [7, 11) is 0. The molecule has 1 heterocycles. The Balaban J connectivity index is 2.11. The molecule has 0 radical (unpaired) electrons. The van der Waals surface area contributed by atoms with Crippen LogP contribution in [0.4, 0.5) is 6.01 Å². The second-order valence-corrected chi connectivity index (χ2v) is 4.46. The number of benzene rings is 1. The first-order valence-electron chi connectivity index (χ1n) is 5.99. The highest BCUT2D eigenvalue weighted by atomic mass is 16.4. The van der Waals surface area contributed by atoms with Crippen LogP contribution in [0.25, 0.3) is 0 Å². The van der Waals surface area contributed by atoms with Crippen molar-refractivity contribution in [3.63, 3.8) is 0 Å². The summed E-state index contributed by atoms with van der Waals surface area (Å²) < 4.78 is 5.42. The Kier molecular flexibility index (Phi) is 3.62. The van der Waals surface area contributed by atoms with Crippen molar-refractivity contribution in [3.05, 3.63) is 41.3 Å². The van der Waals surface area contributed by atoms with E-state index in [0.29, 0.717) is 11.9 Å². The van der Waals surface area contributed by atoms with Crippen LogP contribution in [-0.2, 0) is 0 Å². The van der Waals surface area contributed by atoms with Crippen LogP contribution >= 0.6 is 0 Å². The first-order valence-corrected chi connectivity index (χ1v) is 5.99. The molecule has 1 aromatic carbocycles. The average molecular weight is 246 g/mol. The van der Waals surface area contributed by atoms with Crippen LogP contribution in [0.1, 0.15) is 42.9 Å². The molecule has 0 saturated heterocycles. The van der Waals surface area contributed by atoms with Crippen LogP contribution < -0.4 is 11.1 Å². The zero-order valence-electron chi connectivity index (χ0n) is 10.8. The Morgan fingerprint density at radius 3 is 2.56 bits per heavy atom. The van der Waals surface area contributed by atoms with E-state index in [1.54, 1.807) is 0 Å². The lowest BCUT2D eigenvalue weighted by atomic mass is 10.0. The lowest BCUT2D eigenvalue weighted by molar-refractivity contribution is 0.470. The Morgan fingerprint density at radius 1 is 1.22 bits per heavy atom. The minimum absolute atomic E-state index is 0.104. The topological polar surface area (TPSA) is 77.0 Å². The normalized spacial score (nSPS) is 14.2. The maximum Gasteiger partial charge on any atom is 0.315 e. The summed E-state index contributed by atoms with van der Waals surface area (Å²) >= 11 is 0. The molecule has 2 aromatic rings. The smallest absolute Gasteiger partial charge is 0.315 e. The highest BCUT2D eigenvalue weighted by molar-refractivity contribution is 5.33. The number of hydrogen-bond donors (Lipinski definition) is 2. The Bertz CT molecular complexity index is 521. The van der Waals surface area contributed by atoms with Gasteiger partial charge in [-0.3, -0.25) is 0 Å². The standard InChI is InChI=1S/C13H18N4O/c1-8-6-4-5-7-11(8)10(3)15-13-17-16-12(18-13)9(2)14/h4-7,9-10H,14H2,1-3H3,(H,15,17). The van der Waals surface area contributed by atoms with Gasteiger partial charge >= 0.3 is 6.01 Å². The minimum atomic E-state index is -0.248. The van der Waals surface area contributed by atoms with Crippen LogP contribution in [0.3, 0.4) is 0 Å². The monoisotopic (exact) mass is 246 g/mol. The van der Waals surface area contributed by atoms with Gasteiger partial charge in [0.15, 0.2) is 0 Å². The average Bonchev–Trinajstić information content (AvgIpc) is 2.78. The van der Waals surface area contributed by atoms with E-state index in [0.717, 1.165) is 0 Å². The highest BCUT2D eigenvalue weighted by Gasteiger charge is 2.13. The molecule has 0 fully saturated rings. The van der Waals surface area contributed by atoms with E-state index in [4.69, 9.17) is 10.2 Å². The summed E-state index contributed by atoms with van der Waals surface area (Å²) in [4.78, 5) is 0. The number of rotatable bonds is 4. The predicted octanol–water partition coefficient (Wildman–Crippen LogP) is 2.57. The summed E-state index contributed by atoms with van der Waals surface area (Å²) in [6, 6.07) is 8.45. The number of nitrogens with zero attached hydrogens (tertiary/aromatic N) is 2. The molecule has 5 heteroatoms. The molecule has 3 N–H and O–H groups in total. The van der Waals surface area contributed by atoms with Crippen molar-refractivity contribution in [1.29, 1.82) is 0 Å². The van der Waals surface area contributed by atoms with Gasteiger partial charge in [-0.2, -0.15) is 0 Å². The Hall–Kier alpha value is -1.88. The zero-order chi connectivity index (χ0) is 13.1. The number of hydrogen-bond acceptors (Lipinski definition) is 5. The van der Waals surface area contributed by atoms with Gasteiger partial charge in [0.25, 0.3) is 0 Å². The molecule has 0 aliphatic rings. The van der Waals surface area contributed by atoms with Crippen molar-refractivity contribution in [3.8, 4) is 0 Å². The van der Waals surface area contributed by atoms with Crippen LogP contribution in [0.15, 0.2) is 28.7 Å². The molecule has 2 rings (SSSR count). The van der Waals surface area contributed by atoms with Crippen molar-refractivity contribution in [2.75, 3.05) is 5.32 Å². The van der Waals surface area contributed by atoms with Gasteiger partial charge in [0, 0.05) is 0 Å². The molecule has 5 nitrogen and oxygen atoms in total. The number of nitrogens with two attached hydrogens (primary N) is 1. The summed E-state index contributed by atoms with van der Waals surface area (Å²) in [6.07, 6.45) is 0. The van der Waals surface area contributed by atoms with Crippen LogP contribution in [0.5, 0.6) is 0 Å². The first kappa shape index (κ1) is 12.6. The van der Waals surface area contributed by atoms with Crippen LogP contribution in [0, 0.1) is 6.92 Å². The second kappa shape index (κ2) is 5.18. The third kappa shape index (κ3) is 2.68. The van der Waals surface area contributed by atoms with Gasteiger partial charge in [-0.05, 0) is 31.9 Å². The van der Waals surface area contributed by atoms with Crippen LogP contribution in [0.2, 0.25) is 0 Å². The van der Waals surface area contributed by atoms with E-state index in [9.17, 15) is 0 Å². The van der Waals surface area contributed by atoms with E-state index in [1.165, 1.54) is 11.1 Å². The molecule has 0 spiro atoms. The summed E-state index contributed by atoms with van der Waals surface area (Å²) in [5.41, 5.74) is 8.10. The number of aryl methyl sites for hydroxylation is 1. The summed E-state index contributed by atoms with van der Waals surface area (Å²) in [6.45, 7) is 5.94. The summed E-state index contributed by atoms with van der Waals surface area (Å²) in [5.74, 6) is 0.439. The van der Waals surface area contributed by atoms with E-state index < -0.39 is 0 Å². The maximum atomic E-state index is 5.67. The Labute approximate surface area is 106 Å². The fourth-order valence-electron chi connectivity index (χ4n) is 1.81. The van der Waals surface area contributed by atoms with Gasteiger partial charge in [-0.1, -0.05) is 29.4 Å². The Morgan fingerprint density at radius 2 is 1.94 bits per heavy atom. The van der Waals surface area contributed by atoms with Crippen molar-refractivity contribution >= 4 is 6.01 Å². The molecule has 18 heavy (non-hydrogen) atoms. The van der Waals surface area contributed by atoms with Gasteiger partial charge in [0.05, 0.1) is 12.1 Å². The van der Waals surface area contributed by atoms with Gasteiger partial charge in [0.2, 0.25) is 5.89 Å². The zero-order valence-corrected chi connectivity index (χ0v) is 10.8. The molecule has 0 aliphatic carbocycles. The summed E-state index contributed by atoms with van der Waals surface area (Å²) in [5, 5.41) is 11.0. The number of anilines is 1.